The van der Waals surface area contributed by atoms with Crippen molar-refractivity contribution in [2.45, 2.75) is 75.8 Å². The molecule has 11 nitrogen and oxygen atoms in total. The Hall–Kier alpha value is -4.91. The summed E-state index contributed by atoms with van der Waals surface area (Å²) in [5.74, 6) is -3.14. The molecule has 1 aromatic heterocycles. The van der Waals surface area contributed by atoms with E-state index in [2.05, 4.69) is 10.3 Å². The molecule has 1 saturated heterocycles. The molecular weight excluding hydrogens is 728 g/mol. The summed E-state index contributed by atoms with van der Waals surface area (Å²) in [4.78, 5) is 58.7. The summed E-state index contributed by atoms with van der Waals surface area (Å²) in [7, 11) is 3.77. The lowest BCUT2D eigenvalue weighted by atomic mass is 9.44. The van der Waals surface area contributed by atoms with E-state index in [1.54, 1.807) is 25.1 Å². The minimum atomic E-state index is -2.08. The number of Topliss-reactive ketones (excluding diaryl/α,β-unsaturated/α-hetero) is 1. The number of hydrogen-bond acceptors (Lipinski definition) is 9. The number of benzene rings is 2. The number of H-pyrrole nitrogens is 1. The van der Waals surface area contributed by atoms with Crippen LogP contribution in [0.5, 0.6) is 0 Å². The van der Waals surface area contributed by atoms with E-state index in [0.29, 0.717) is 30.4 Å². The van der Waals surface area contributed by atoms with Crippen molar-refractivity contribution in [3.8, 4) is 0 Å². The lowest BCUT2D eigenvalue weighted by Gasteiger charge is -2.66. The number of nitrogens with two attached hydrogens (primary N) is 1. The van der Waals surface area contributed by atoms with Gasteiger partial charge in [-0.3, -0.25) is 14.4 Å². The zero-order valence-corrected chi connectivity index (χ0v) is 33.1. The zero-order valence-electron chi connectivity index (χ0n) is 33.1. The van der Waals surface area contributed by atoms with Crippen LogP contribution in [0.4, 0.5) is 10.1 Å². The molecule has 2 saturated carbocycles. The topological polar surface area (TPSA) is 164 Å². The van der Waals surface area contributed by atoms with Crippen molar-refractivity contribution >= 4 is 40.0 Å². The van der Waals surface area contributed by atoms with E-state index < -0.39 is 64.4 Å². The average molecular weight is 779 g/mol. The molecule has 8 rings (SSSR count). The highest BCUT2D eigenvalue weighted by Gasteiger charge is 2.79. The molecule has 12 heteroatoms. The third-order valence-corrected chi connectivity index (χ3v) is 13.9. The number of carbonyl (C=O) groups is 4. The Bertz CT molecular complexity index is 2280. The number of para-hydroxylation sites is 1. The molecular formula is C45H51FN4O7. The van der Waals surface area contributed by atoms with Crippen molar-refractivity contribution in [3.05, 3.63) is 101 Å². The first-order chi connectivity index (χ1) is 27.1. The van der Waals surface area contributed by atoms with Gasteiger partial charge in [0.1, 0.15) is 5.60 Å². The van der Waals surface area contributed by atoms with Crippen molar-refractivity contribution in [1.82, 2.24) is 10.3 Å². The SMILES string of the molecule is CC(CNC(=O)[C@@H](N)Cc1c[nH]c2ccccc12)c1cc(N(C)C)ccc1C(=O)OCC(=O)[C@]12OC[C@@]13C[C@H](O)[C@@]1(F)[C@@H](CCC4=CC(=O)C=C[C@@]41C)C3=C[C@H]2C. The Morgan fingerprint density at radius 3 is 2.70 bits per heavy atom. The van der Waals surface area contributed by atoms with Crippen LogP contribution in [0.3, 0.4) is 0 Å². The fourth-order valence-corrected chi connectivity index (χ4v) is 10.8. The Morgan fingerprint density at radius 2 is 1.96 bits per heavy atom. The number of anilines is 1. The number of aliphatic hydroxyl groups excluding tert-OH is 1. The number of nitrogens with zero attached hydrogens (tertiary/aromatic N) is 1. The molecule has 1 amide bonds. The number of allylic oxidation sites excluding steroid dienone is 4. The first-order valence-corrected chi connectivity index (χ1v) is 19.8. The van der Waals surface area contributed by atoms with E-state index in [0.717, 1.165) is 27.7 Å². The van der Waals surface area contributed by atoms with Gasteiger partial charge < -0.3 is 35.5 Å². The van der Waals surface area contributed by atoms with Crippen molar-refractivity contribution in [2.75, 3.05) is 38.8 Å². The number of ether oxygens (including phenoxy) is 2. The van der Waals surface area contributed by atoms with Gasteiger partial charge >= 0.3 is 5.97 Å². The van der Waals surface area contributed by atoms with E-state index in [1.807, 2.05) is 75.4 Å². The number of amides is 1. The fraction of sp³-hybridized carbons (Fsp3) is 0.467. The zero-order chi connectivity index (χ0) is 40.7. The number of alkyl halides is 1. The predicted octanol–water partition coefficient (Wildman–Crippen LogP) is 5.04. The monoisotopic (exact) mass is 778 g/mol. The molecule has 2 aromatic carbocycles. The second-order valence-electron chi connectivity index (χ2n) is 17.2. The summed E-state index contributed by atoms with van der Waals surface area (Å²) in [6.45, 7) is 5.26. The fourth-order valence-electron chi connectivity index (χ4n) is 10.8. The van der Waals surface area contributed by atoms with Crippen LogP contribution in [0, 0.1) is 22.7 Å². The molecule has 1 spiro atoms. The molecule has 5 aliphatic rings. The number of aromatic amines is 1. The maximum absolute atomic E-state index is 17.6. The summed E-state index contributed by atoms with van der Waals surface area (Å²) >= 11 is 0. The normalized spacial score (nSPS) is 32.1. The summed E-state index contributed by atoms with van der Waals surface area (Å²) in [5.41, 5.74) is 5.82. The summed E-state index contributed by atoms with van der Waals surface area (Å²) in [6, 6.07) is 12.4. The van der Waals surface area contributed by atoms with Gasteiger partial charge in [0.15, 0.2) is 18.1 Å². The van der Waals surface area contributed by atoms with Gasteiger partial charge in [-0.1, -0.05) is 55.3 Å². The number of fused-ring (bicyclic) bond motifs is 5. The highest BCUT2D eigenvalue weighted by Crippen LogP contribution is 2.72. The number of ketones is 2. The van der Waals surface area contributed by atoms with E-state index in [4.69, 9.17) is 15.2 Å². The molecule has 5 N–H and O–H groups in total. The van der Waals surface area contributed by atoms with Crippen LogP contribution in [0.1, 0.15) is 67.4 Å². The minimum Gasteiger partial charge on any atom is -0.454 e. The van der Waals surface area contributed by atoms with Crippen LogP contribution < -0.4 is 16.0 Å². The smallest absolute Gasteiger partial charge is 0.338 e. The molecule has 0 radical (unpaired) electrons. The molecule has 9 atom stereocenters. The third-order valence-electron chi connectivity index (χ3n) is 13.9. The summed E-state index contributed by atoms with van der Waals surface area (Å²) in [6.07, 6.45) is 8.03. The van der Waals surface area contributed by atoms with Crippen LogP contribution in [-0.2, 0) is 30.3 Å². The molecule has 3 fully saturated rings. The van der Waals surface area contributed by atoms with Gasteiger partial charge in [0, 0.05) is 60.7 Å². The van der Waals surface area contributed by atoms with E-state index in [-0.39, 0.29) is 42.7 Å². The van der Waals surface area contributed by atoms with Gasteiger partial charge in [-0.15, -0.1) is 0 Å². The minimum absolute atomic E-state index is 0.0364. The number of nitrogens with one attached hydrogen (secondary N) is 2. The summed E-state index contributed by atoms with van der Waals surface area (Å²) < 4.78 is 29.6. The Morgan fingerprint density at radius 1 is 1.19 bits per heavy atom. The number of rotatable bonds is 11. The van der Waals surface area contributed by atoms with Gasteiger partial charge in [-0.2, -0.15) is 0 Å². The van der Waals surface area contributed by atoms with Crippen LogP contribution >= 0.6 is 0 Å². The molecule has 300 valence electrons. The number of aromatic nitrogens is 1. The molecule has 0 bridgehead atoms. The first kappa shape index (κ1) is 38.9. The Balaban J connectivity index is 0.965. The van der Waals surface area contributed by atoms with E-state index >= 15 is 4.39 Å². The van der Waals surface area contributed by atoms with Crippen molar-refractivity contribution in [3.63, 3.8) is 0 Å². The molecule has 2 heterocycles. The Labute approximate surface area is 331 Å². The van der Waals surface area contributed by atoms with Gasteiger partial charge in [0.05, 0.1) is 29.7 Å². The van der Waals surface area contributed by atoms with Crippen LogP contribution in [-0.4, -0.2) is 90.8 Å². The first-order valence-electron chi connectivity index (χ1n) is 19.8. The number of esters is 1. The number of carbonyl (C=O) groups excluding carboxylic acids is 4. The van der Waals surface area contributed by atoms with Crippen LogP contribution in [0.2, 0.25) is 0 Å². The third kappa shape index (κ3) is 5.69. The number of halogens is 1. The van der Waals surface area contributed by atoms with Crippen LogP contribution in [0.15, 0.2) is 84.1 Å². The van der Waals surface area contributed by atoms with Gasteiger partial charge in [-0.25, -0.2) is 9.18 Å². The largest absolute Gasteiger partial charge is 0.454 e. The quantitative estimate of drug-likeness (QED) is 0.154. The molecule has 4 aliphatic carbocycles. The average Bonchev–Trinajstić information content (AvgIpc) is 3.66. The lowest BCUT2D eigenvalue weighted by Crippen LogP contribution is -2.75. The van der Waals surface area contributed by atoms with Crippen LogP contribution in [0.25, 0.3) is 10.9 Å². The molecule has 1 unspecified atom stereocenters. The van der Waals surface area contributed by atoms with Gasteiger partial charge in [0.2, 0.25) is 11.7 Å². The van der Waals surface area contributed by atoms with E-state index in [1.165, 1.54) is 12.2 Å². The van der Waals surface area contributed by atoms with Gasteiger partial charge in [-0.05, 0) is 86.1 Å². The molecule has 57 heavy (non-hydrogen) atoms. The standard InChI is InChI=1S/C45H51FN4O7/c1-25(21-49-40(54)36(47)17-27-22-48-37-9-7-6-8-31(27)37)33-19-29(50(4)5)11-12-32(33)41(55)56-23-39(53)45-26(2)16-35-34-13-10-28-18-30(51)14-15-42(28,3)44(34,46)38(52)20-43(35,45)24-57-45/h6-9,11-12,14-16,18-19,22,25-26,34,36,38,48,52H,10,13,17,20-21,23-24,47H2,1-5H3,(H,49,54)/t25?,26-,34+,36+,38+,42+,43-,44+,45+/m1/s1. The lowest BCUT2D eigenvalue weighted by molar-refractivity contribution is -0.278. The second-order valence-corrected chi connectivity index (χ2v) is 17.2. The predicted molar refractivity (Wildman–Crippen MR) is 213 cm³/mol. The molecule has 1 aliphatic heterocycles. The van der Waals surface area contributed by atoms with E-state index in [9.17, 15) is 24.3 Å². The highest BCUT2D eigenvalue weighted by atomic mass is 19.1. The van der Waals surface area contributed by atoms with Gasteiger partial charge in [0.25, 0.3) is 0 Å². The summed E-state index contributed by atoms with van der Waals surface area (Å²) in [5, 5.41) is 15.7. The second kappa shape index (κ2) is 13.9. The highest BCUT2D eigenvalue weighted by molar-refractivity contribution is 6.01. The maximum Gasteiger partial charge on any atom is 0.338 e. The number of hydrogen-bond donors (Lipinski definition) is 4. The maximum atomic E-state index is 17.6. The van der Waals surface area contributed by atoms with Crippen molar-refractivity contribution < 1.29 is 38.1 Å². The molecule has 3 aromatic rings. The van der Waals surface area contributed by atoms with Crippen molar-refractivity contribution in [1.29, 1.82) is 0 Å². The van der Waals surface area contributed by atoms with Crippen molar-refractivity contribution in [2.24, 2.45) is 28.4 Å². The Kier molecular flexibility index (Phi) is 9.48. The number of aliphatic hydroxyl groups is 1.